The van der Waals surface area contributed by atoms with Crippen LogP contribution in [0.1, 0.15) is 20.3 Å². The molecule has 5 heteroatoms. The number of hydrogen-bond donors (Lipinski definition) is 2. The van der Waals surface area contributed by atoms with E-state index in [0.717, 1.165) is 10.6 Å². The van der Waals surface area contributed by atoms with E-state index in [-0.39, 0.29) is 23.8 Å². The van der Waals surface area contributed by atoms with E-state index in [4.69, 9.17) is 5.73 Å². The maximum atomic E-state index is 13.0. The van der Waals surface area contributed by atoms with E-state index in [9.17, 15) is 9.18 Å². The number of nitrogens with two attached hydrogens (primary N) is 1. The van der Waals surface area contributed by atoms with Gasteiger partial charge in [-0.05, 0) is 30.4 Å². The third-order valence-corrected chi connectivity index (χ3v) is 3.38. The standard InChI is InChI=1S/C13H19FN2OS/c1-9(2)16-12(13(15)17)6-7-18-11-5-3-4-10(14)8-11/h3-5,8-9,12,16H,6-7H2,1-2H3,(H2,15,17). The molecule has 0 heterocycles. The lowest BCUT2D eigenvalue weighted by Crippen LogP contribution is -2.44. The van der Waals surface area contributed by atoms with Gasteiger partial charge in [0.25, 0.3) is 0 Å². The van der Waals surface area contributed by atoms with Gasteiger partial charge in [-0.2, -0.15) is 0 Å². The van der Waals surface area contributed by atoms with Crippen LogP contribution in [0, 0.1) is 5.82 Å². The summed E-state index contributed by atoms with van der Waals surface area (Å²) in [7, 11) is 0. The van der Waals surface area contributed by atoms with E-state index in [1.54, 1.807) is 6.07 Å². The fraction of sp³-hybridized carbons (Fsp3) is 0.462. The first kappa shape index (κ1) is 15.0. The number of thioether (sulfide) groups is 1. The van der Waals surface area contributed by atoms with Crippen molar-refractivity contribution in [1.82, 2.24) is 5.32 Å². The van der Waals surface area contributed by atoms with Crippen molar-refractivity contribution in [3.05, 3.63) is 30.1 Å². The molecule has 0 aliphatic rings. The van der Waals surface area contributed by atoms with Gasteiger partial charge in [0.1, 0.15) is 5.82 Å². The Kier molecular flexibility index (Phi) is 6.15. The first-order valence-electron chi connectivity index (χ1n) is 5.92. The van der Waals surface area contributed by atoms with Gasteiger partial charge in [0.05, 0.1) is 6.04 Å². The van der Waals surface area contributed by atoms with Crippen molar-refractivity contribution >= 4 is 17.7 Å². The van der Waals surface area contributed by atoms with Crippen LogP contribution in [0.5, 0.6) is 0 Å². The molecule has 1 rings (SSSR count). The number of carbonyl (C=O) groups is 1. The van der Waals surface area contributed by atoms with Crippen molar-refractivity contribution < 1.29 is 9.18 Å². The number of benzene rings is 1. The Morgan fingerprint density at radius 2 is 2.22 bits per heavy atom. The summed E-state index contributed by atoms with van der Waals surface area (Å²) in [6.45, 7) is 3.94. The summed E-state index contributed by atoms with van der Waals surface area (Å²) >= 11 is 1.52. The lowest BCUT2D eigenvalue weighted by molar-refractivity contribution is -0.120. The third kappa shape index (κ3) is 5.51. The molecule has 0 saturated carbocycles. The summed E-state index contributed by atoms with van der Waals surface area (Å²) in [5.74, 6) is 0.131. The zero-order valence-corrected chi connectivity index (χ0v) is 11.5. The van der Waals surface area contributed by atoms with Gasteiger partial charge in [0, 0.05) is 10.9 Å². The van der Waals surface area contributed by atoms with E-state index in [1.165, 1.54) is 23.9 Å². The molecule has 0 fully saturated rings. The molecule has 0 aliphatic heterocycles. The SMILES string of the molecule is CC(C)NC(CCSc1cccc(F)c1)C(N)=O. The Morgan fingerprint density at radius 1 is 1.50 bits per heavy atom. The van der Waals surface area contributed by atoms with Crippen molar-refractivity contribution in [3.8, 4) is 0 Å². The van der Waals surface area contributed by atoms with Crippen molar-refractivity contribution in [1.29, 1.82) is 0 Å². The largest absolute Gasteiger partial charge is 0.368 e. The number of carbonyl (C=O) groups excluding carboxylic acids is 1. The molecule has 1 atom stereocenters. The first-order chi connectivity index (χ1) is 8.49. The maximum Gasteiger partial charge on any atom is 0.234 e. The zero-order chi connectivity index (χ0) is 13.5. The lowest BCUT2D eigenvalue weighted by Gasteiger charge is -2.17. The predicted molar refractivity (Wildman–Crippen MR) is 73.0 cm³/mol. The first-order valence-corrected chi connectivity index (χ1v) is 6.91. The molecule has 0 bridgehead atoms. The van der Waals surface area contributed by atoms with E-state index in [2.05, 4.69) is 5.32 Å². The Bertz CT molecular complexity index is 398. The molecule has 18 heavy (non-hydrogen) atoms. The summed E-state index contributed by atoms with van der Waals surface area (Å²) in [4.78, 5) is 12.1. The van der Waals surface area contributed by atoms with Gasteiger partial charge >= 0.3 is 0 Å². The minimum Gasteiger partial charge on any atom is -0.368 e. The monoisotopic (exact) mass is 270 g/mol. The fourth-order valence-electron chi connectivity index (χ4n) is 1.56. The van der Waals surface area contributed by atoms with Crippen LogP contribution in [-0.4, -0.2) is 23.7 Å². The highest BCUT2D eigenvalue weighted by atomic mass is 32.2. The minimum absolute atomic E-state index is 0.210. The van der Waals surface area contributed by atoms with Gasteiger partial charge in [-0.1, -0.05) is 19.9 Å². The second kappa shape index (κ2) is 7.38. The molecule has 1 aromatic carbocycles. The van der Waals surface area contributed by atoms with Gasteiger partial charge in [-0.25, -0.2) is 4.39 Å². The molecular formula is C13H19FN2OS. The molecule has 0 saturated heterocycles. The normalized spacial score (nSPS) is 12.7. The number of amides is 1. The summed E-state index contributed by atoms with van der Waals surface area (Å²) in [6, 6.07) is 6.31. The molecule has 1 aromatic rings. The quantitative estimate of drug-likeness (QED) is 0.747. The lowest BCUT2D eigenvalue weighted by atomic mass is 10.2. The molecule has 100 valence electrons. The Hall–Kier alpha value is -1.07. The van der Waals surface area contributed by atoms with Crippen LogP contribution in [0.15, 0.2) is 29.2 Å². The molecule has 3 nitrogen and oxygen atoms in total. The summed E-state index contributed by atoms with van der Waals surface area (Å²) < 4.78 is 13.0. The topological polar surface area (TPSA) is 55.1 Å². The molecule has 0 radical (unpaired) electrons. The summed E-state index contributed by atoms with van der Waals surface area (Å²) in [5.41, 5.74) is 5.32. The van der Waals surface area contributed by atoms with Gasteiger partial charge in [0.2, 0.25) is 5.91 Å². The van der Waals surface area contributed by atoms with Crippen LogP contribution in [-0.2, 0) is 4.79 Å². The zero-order valence-electron chi connectivity index (χ0n) is 10.7. The van der Waals surface area contributed by atoms with Crippen LogP contribution in [0.4, 0.5) is 4.39 Å². The maximum absolute atomic E-state index is 13.0. The molecule has 0 aliphatic carbocycles. The van der Waals surface area contributed by atoms with Crippen molar-refractivity contribution in [3.63, 3.8) is 0 Å². The second-order valence-electron chi connectivity index (χ2n) is 4.37. The average molecular weight is 270 g/mol. The third-order valence-electron chi connectivity index (χ3n) is 2.35. The van der Waals surface area contributed by atoms with E-state index in [1.807, 2.05) is 19.9 Å². The summed E-state index contributed by atoms with van der Waals surface area (Å²) in [6.07, 6.45) is 0.634. The van der Waals surface area contributed by atoms with Crippen LogP contribution in [0.3, 0.4) is 0 Å². The molecule has 1 unspecified atom stereocenters. The Morgan fingerprint density at radius 3 is 2.78 bits per heavy atom. The van der Waals surface area contributed by atoms with Crippen LogP contribution < -0.4 is 11.1 Å². The highest BCUT2D eigenvalue weighted by Crippen LogP contribution is 2.20. The minimum atomic E-state index is -0.344. The van der Waals surface area contributed by atoms with Crippen molar-refractivity contribution in [2.45, 2.75) is 37.2 Å². The van der Waals surface area contributed by atoms with Crippen molar-refractivity contribution in [2.24, 2.45) is 5.73 Å². The molecule has 0 spiro atoms. The molecular weight excluding hydrogens is 251 g/mol. The number of hydrogen-bond acceptors (Lipinski definition) is 3. The average Bonchev–Trinajstić information content (AvgIpc) is 2.27. The van der Waals surface area contributed by atoms with Gasteiger partial charge in [-0.3, -0.25) is 4.79 Å². The van der Waals surface area contributed by atoms with Crippen LogP contribution >= 0.6 is 11.8 Å². The molecule has 0 aromatic heterocycles. The summed E-state index contributed by atoms with van der Waals surface area (Å²) in [5, 5.41) is 3.11. The molecule has 1 amide bonds. The Balaban J connectivity index is 2.41. The van der Waals surface area contributed by atoms with Crippen LogP contribution in [0.25, 0.3) is 0 Å². The smallest absolute Gasteiger partial charge is 0.234 e. The van der Waals surface area contributed by atoms with Crippen LogP contribution in [0.2, 0.25) is 0 Å². The van der Waals surface area contributed by atoms with Gasteiger partial charge in [0.15, 0.2) is 0 Å². The predicted octanol–water partition coefficient (Wildman–Crippen LogP) is 2.16. The number of primary amides is 1. The second-order valence-corrected chi connectivity index (χ2v) is 5.54. The van der Waals surface area contributed by atoms with Gasteiger partial charge in [-0.15, -0.1) is 11.8 Å². The van der Waals surface area contributed by atoms with E-state index >= 15 is 0 Å². The highest BCUT2D eigenvalue weighted by Gasteiger charge is 2.15. The highest BCUT2D eigenvalue weighted by molar-refractivity contribution is 7.99. The fourth-order valence-corrected chi connectivity index (χ4v) is 2.52. The number of nitrogens with one attached hydrogen (secondary N) is 1. The van der Waals surface area contributed by atoms with Crippen molar-refractivity contribution in [2.75, 3.05) is 5.75 Å². The van der Waals surface area contributed by atoms with E-state index < -0.39 is 0 Å². The number of halogens is 1. The number of rotatable bonds is 7. The molecule has 3 N–H and O–H groups in total. The Labute approximate surface area is 111 Å². The van der Waals surface area contributed by atoms with Gasteiger partial charge < -0.3 is 11.1 Å². The van der Waals surface area contributed by atoms with E-state index in [0.29, 0.717) is 6.42 Å².